The number of nitrogens with zero attached hydrogens (tertiary/aromatic N) is 2. The Kier molecular flexibility index (Phi) is 10.8. The maximum absolute atomic E-state index is 13.3. The maximum atomic E-state index is 13.3. The van der Waals surface area contributed by atoms with Crippen LogP contribution in [0.1, 0.15) is 62.5 Å². The molecule has 5 atom stereocenters. The highest BCUT2D eigenvalue weighted by Gasteiger charge is 2.38. The molecule has 0 radical (unpaired) electrons. The molecule has 2 aliphatic rings. The molecule has 2 amide bonds. The van der Waals surface area contributed by atoms with Gasteiger partial charge in [-0.1, -0.05) is 50.6 Å². The number of hydrogen-bond acceptors (Lipinski definition) is 8. The number of esters is 1. The van der Waals surface area contributed by atoms with Crippen LogP contribution in [-0.2, 0) is 20.7 Å². The number of amides is 2. The Morgan fingerprint density at radius 2 is 2.03 bits per heavy atom. The number of cyclic esters (lactones) is 1. The number of fused-ring (bicyclic) bond motifs is 3. The molecule has 38 heavy (non-hydrogen) atoms. The zero-order valence-electron chi connectivity index (χ0n) is 22.6. The summed E-state index contributed by atoms with van der Waals surface area (Å²) in [4.78, 5) is 44.8. The van der Waals surface area contributed by atoms with E-state index in [1.807, 2.05) is 39.8 Å². The van der Waals surface area contributed by atoms with Crippen LogP contribution in [0.4, 0.5) is 0 Å². The predicted octanol–water partition coefficient (Wildman–Crippen LogP) is 2.76. The van der Waals surface area contributed by atoms with E-state index in [1.165, 1.54) is 17.4 Å². The highest BCUT2D eigenvalue weighted by Crippen LogP contribution is 2.26. The molecule has 1 aromatic heterocycles. The minimum Gasteiger partial charge on any atom is -0.460 e. The lowest BCUT2D eigenvalue weighted by atomic mass is 9.94. The minimum absolute atomic E-state index is 0.0139. The second kappa shape index (κ2) is 13.8. The van der Waals surface area contributed by atoms with Gasteiger partial charge in [-0.05, 0) is 38.2 Å². The van der Waals surface area contributed by atoms with Crippen LogP contribution in [0, 0.1) is 11.8 Å². The first-order valence-electron chi connectivity index (χ1n) is 13.3. The average molecular weight is 545 g/mol. The molecule has 1 aromatic rings. The van der Waals surface area contributed by atoms with E-state index in [4.69, 9.17) is 10.5 Å². The van der Waals surface area contributed by atoms with E-state index in [0.717, 1.165) is 5.57 Å². The fourth-order valence-electron chi connectivity index (χ4n) is 4.82. The molecule has 4 N–H and O–H groups in total. The van der Waals surface area contributed by atoms with Crippen LogP contribution in [0.15, 0.2) is 41.3 Å². The number of aromatic nitrogens is 1. The van der Waals surface area contributed by atoms with Gasteiger partial charge in [0.15, 0.2) is 0 Å². The molecule has 9 nitrogen and oxygen atoms in total. The van der Waals surface area contributed by atoms with Crippen molar-refractivity contribution in [2.24, 2.45) is 17.6 Å². The van der Waals surface area contributed by atoms with Crippen LogP contribution in [0.2, 0.25) is 0 Å². The molecule has 3 heterocycles. The van der Waals surface area contributed by atoms with Crippen LogP contribution >= 0.6 is 11.3 Å². The molecule has 2 aliphatic heterocycles. The second-order valence-corrected chi connectivity index (χ2v) is 11.4. The lowest BCUT2D eigenvalue weighted by Crippen LogP contribution is -2.44. The Morgan fingerprint density at radius 1 is 1.26 bits per heavy atom. The van der Waals surface area contributed by atoms with Gasteiger partial charge in [0.2, 0.25) is 5.91 Å². The number of carbonyl (C=O) groups is 3. The van der Waals surface area contributed by atoms with E-state index in [0.29, 0.717) is 49.5 Å². The van der Waals surface area contributed by atoms with E-state index in [9.17, 15) is 19.5 Å². The number of allylic oxidation sites excluding steroid dienone is 2. The Morgan fingerprint density at radius 3 is 2.76 bits per heavy atom. The third-order valence-corrected chi connectivity index (χ3v) is 7.62. The van der Waals surface area contributed by atoms with E-state index < -0.39 is 24.2 Å². The first-order valence-corrected chi connectivity index (χ1v) is 14.1. The number of aliphatic hydroxyl groups excluding tert-OH is 1. The zero-order chi connectivity index (χ0) is 27.8. The van der Waals surface area contributed by atoms with Crippen molar-refractivity contribution in [1.82, 2.24) is 15.2 Å². The molecule has 0 spiro atoms. The van der Waals surface area contributed by atoms with E-state index >= 15 is 0 Å². The summed E-state index contributed by atoms with van der Waals surface area (Å²) in [7, 11) is 0. The summed E-state index contributed by atoms with van der Waals surface area (Å²) in [5.74, 6) is -1.17. The average Bonchev–Trinajstić information content (AvgIpc) is 3.52. The van der Waals surface area contributed by atoms with Crippen molar-refractivity contribution < 1.29 is 24.2 Å². The number of hydrogen-bond donors (Lipinski definition) is 3. The lowest BCUT2D eigenvalue weighted by Gasteiger charge is -2.29. The fourth-order valence-corrected chi connectivity index (χ4v) is 5.69. The molecular formula is C28H40N4O5S. The van der Waals surface area contributed by atoms with Gasteiger partial charge in [-0.15, -0.1) is 11.3 Å². The Balaban J connectivity index is 1.85. The van der Waals surface area contributed by atoms with Gasteiger partial charge in [-0.2, -0.15) is 0 Å². The SMILES string of the molecule is CC1=C\[C@@H](O)CC(N)Cc2nc(cs2)C(=O)N2CCC[C@@H]2C(=O)O[C@H](C(C)C)[C@H](C)/C=C/C(=O)NC\C=C\1. The van der Waals surface area contributed by atoms with Crippen LogP contribution < -0.4 is 11.1 Å². The van der Waals surface area contributed by atoms with Gasteiger partial charge in [0.05, 0.1) is 11.1 Å². The third kappa shape index (κ3) is 8.34. The first-order chi connectivity index (χ1) is 18.0. The van der Waals surface area contributed by atoms with Crippen LogP contribution in [0.25, 0.3) is 0 Å². The molecule has 0 aliphatic carbocycles. The van der Waals surface area contributed by atoms with Crippen molar-refractivity contribution in [2.75, 3.05) is 13.1 Å². The Labute approximate surface area is 228 Å². The Hall–Kier alpha value is -2.82. The van der Waals surface area contributed by atoms with Crippen LogP contribution in [-0.4, -0.2) is 70.2 Å². The molecule has 1 unspecified atom stereocenters. The third-order valence-electron chi connectivity index (χ3n) is 6.75. The van der Waals surface area contributed by atoms with Crippen molar-refractivity contribution in [3.05, 3.63) is 52.0 Å². The highest BCUT2D eigenvalue weighted by atomic mass is 32.1. The molecule has 0 aromatic carbocycles. The number of rotatable bonds is 1. The summed E-state index contributed by atoms with van der Waals surface area (Å²) in [6.07, 6.45) is 9.38. The van der Waals surface area contributed by atoms with E-state index in [-0.39, 0.29) is 29.7 Å². The van der Waals surface area contributed by atoms with E-state index in [1.54, 1.807) is 22.4 Å². The largest absolute Gasteiger partial charge is 0.460 e. The minimum atomic E-state index is -0.735. The molecule has 2 bridgehead atoms. The topological polar surface area (TPSA) is 135 Å². The summed E-state index contributed by atoms with van der Waals surface area (Å²) in [6.45, 7) is 8.49. The number of ether oxygens (including phenoxy) is 1. The van der Waals surface area contributed by atoms with Gasteiger partial charge >= 0.3 is 5.97 Å². The van der Waals surface area contributed by atoms with Gasteiger partial charge in [0, 0.05) is 36.9 Å². The normalized spacial score (nSPS) is 31.7. The second-order valence-electron chi connectivity index (χ2n) is 10.5. The van der Waals surface area contributed by atoms with E-state index in [2.05, 4.69) is 10.3 Å². The molecule has 208 valence electrons. The van der Waals surface area contributed by atoms with Gasteiger partial charge in [-0.25, -0.2) is 9.78 Å². The van der Waals surface area contributed by atoms with Crippen molar-refractivity contribution >= 4 is 29.1 Å². The number of nitrogens with two attached hydrogens (primary N) is 1. The van der Waals surface area contributed by atoms with Gasteiger partial charge in [0.25, 0.3) is 5.91 Å². The smallest absolute Gasteiger partial charge is 0.329 e. The number of aliphatic hydroxyl groups is 1. The zero-order valence-corrected chi connectivity index (χ0v) is 23.4. The van der Waals surface area contributed by atoms with Gasteiger partial charge in [-0.3, -0.25) is 9.59 Å². The number of nitrogens with one attached hydrogen (secondary N) is 1. The molecule has 1 fully saturated rings. The molecular weight excluding hydrogens is 504 g/mol. The first kappa shape index (κ1) is 29.7. The van der Waals surface area contributed by atoms with Crippen LogP contribution in [0.3, 0.4) is 0 Å². The molecule has 0 saturated carbocycles. The summed E-state index contributed by atoms with van der Waals surface area (Å²) >= 11 is 1.35. The van der Waals surface area contributed by atoms with Crippen molar-refractivity contribution in [3.8, 4) is 0 Å². The Bertz CT molecular complexity index is 1080. The summed E-state index contributed by atoms with van der Waals surface area (Å²) < 4.78 is 5.93. The number of thiazole rings is 1. The lowest BCUT2D eigenvalue weighted by molar-refractivity contribution is -0.158. The number of carbonyl (C=O) groups excluding carboxylic acids is 3. The standard InChI is InChI=1S/C28H40N4O5S/c1-17(2)26-19(4)9-10-24(34)30-11-5-7-18(3)13-21(33)14-20(29)15-25-31-22(16-38-25)27(35)32-12-6-8-23(32)28(36)37-26/h5,7,9-10,13,16-17,19-21,23,26,33H,6,8,11-12,14-15,29H2,1-4H3,(H,30,34)/b7-5+,10-9+,18-13+/t19-,20?,21-,23-,26-/m1/s1. The van der Waals surface area contributed by atoms with Crippen molar-refractivity contribution in [3.63, 3.8) is 0 Å². The molecule has 1 saturated heterocycles. The summed E-state index contributed by atoms with van der Waals surface area (Å²) in [6, 6.07) is -1.02. The predicted molar refractivity (Wildman–Crippen MR) is 147 cm³/mol. The highest BCUT2D eigenvalue weighted by molar-refractivity contribution is 7.09. The van der Waals surface area contributed by atoms with Crippen molar-refractivity contribution in [2.45, 2.75) is 77.7 Å². The quantitative estimate of drug-likeness (QED) is 0.463. The summed E-state index contributed by atoms with van der Waals surface area (Å²) in [5.41, 5.74) is 7.40. The van der Waals surface area contributed by atoms with Gasteiger partial charge in [0.1, 0.15) is 17.8 Å². The molecule has 10 heteroatoms. The fraction of sp³-hybridized carbons (Fsp3) is 0.571. The molecule has 3 rings (SSSR count). The maximum Gasteiger partial charge on any atom is 0.329 e. The van der Waals surface area contributed by atoms with Gasteiger partial charge < -0.3 is 25.8 Å². The summed E-state index contributed by atoms with van der Waals surface area (Å²) in [5, 5.41) is 15.6. The van der Waals surface area contributed by atoms with Crippen molar-refractivity contribution in [1.29, 1.82) is 0 Å². The van der Waals surface area contributed by atoms with Crippen LogP contribution in [0.5, 0.6) is 0 Å². The monoisotopic (exact) mass is 544 g/mol.